The van der Waals surface area contributed by atoms with E-state index in [4.69, 9.17) is 15.2 Å². The van der Waals surface area contributed by atoms with Gasteiger partial charge in [0.2, 0.25) is 0 Å². The number of benzene rings is 2. The van der Waals surface area contributed by atoms with Crippen LogP contribution in [-0.4, -0.2) is 13.7 Å². The zero-order valence-corrected chi connectivity index (χ0v) is 11.6. The van der Waals surface area contributed by atoms with Crippen molar-refractivity contribution in [3.05, 3.63) is 65.2 Å². The van der Waals surface area contributed by atoms with Gasteiger partial charge in [-0.2, -0.15) is 0 Å². The van der Waals surface area contributed by atoms with Crippen LogP contribution in [0.15, 0.2) is 48.5 Å². The molecule has 3 heteroatoms. The van der Waals surface area contributed by atoms with Crippen LogP contribution in [0.1, 0.15) is 28.8 Å². The van der Waals surface area contributed by atoms with Crippen LogP contribution in [0.25, 0.3) is 0 Å². The Morgan fingerprint density at radius 1 is 1.10 bits per heavy atom. The lowest BCUT2D eigenvalue weighted by Crippen LogP contribution is -2.21. The first-order chi connectivity index (χ1) is 9.79. The Morgan fingerprint density at radius 2 is 1.90 bits per heavy atom. The predicted molar refractivity (Wildman–Crippen MR) is 78.8 cm³/mol. The van der Waals surface area contributed by atoms with Crippen molar-refractivity contribution in [3.8, 4) is 5.75 Å². The SMILES string of the molecule is COC(c1ccccc1)C(N)c1ccc2c(c1)CCO2. The molecular weight excluding hydrogens is 250 g/mol. The molecule has 0 saturated carbocycles. The van der Waals surface area contributed by atoms with E-state index in [9.17, 15) is 0 Å². The Bertz CT molecular complexity index is 583. The molecule has 0 fully saturated rings. The van der Waals surface area contributed by atoms with Gasteiger partial charge in [0.15, 0.2) is 0 Å². The number of hydrogen-bond donors (Lipinski definition) is 1. The summed E-state index contributed by atoms with van der Waals surface area (Å²) >= 11 is 0. The van der Waals surface area contributed by atoms with Crippen LogP contribution in [0.2, 0.25) is 0 Å². The highest BCUT2D eigenvalue weighted by Gasteiger charge is 2.22. The highest BCUT2D eigenvalue weighted by atomic mass is 16.5. The molecule has 2 aromatic rings. The minimum Gasteiger partial charge on any atom is -0.493 e. The maximum absolute atomic E-state index is 6.41. The van der Waals surface area contributed by atoms with Gasteiger partial charge >= 0.3 is 0 Å². The first-order valence-electron chi connectivity index (χ1n) is 6.88. The van der Waals surface area contributed by atoms with Crippen molar-refractivity contribution in [2.24, 2.45) is 5.73 Å². The van der Waals surface area contributed by atoms with Crippen molar-refractivity contribution < 1.29 is 9.47 Å². The molecular formula is C17H19NO2. The summed E-state index contributed by atoms with van der Waals surface area (Å²) in [5.41, 5.74) is 9.83. The zero-order chi connectivity index (χ0) is 13.9. The smallest absolute Gasteiger partial charge is 0.122 e. The second-order valence-electron chi connectivity index (χ2n) is 5.06. The van der Waals surface area contributed by atoms with E-state index in [0.717, 1.165) is 29.9 Å². The molecule has 0 aliphatic carbocycles. The number of fused-ring (bicyclic) bond motifs is 1. The Balaban J connectivity index is 1.89. The summed E-state index contributed by atoms with van der Waals surface area (Å²) in [6.07, 6.45) is 0.815. The molecule has 1 heterocycles. The van der Waals surface area contributed by atoms with Crippen LogP contribution < -0.4 is 10.5 Å². The van der Waals surface area contributed by atoms with Crippen molar-refractivity contribution in [2.45, 2.75) is 18.6 Å². The van der Waals surface area contributed by atoms with Gasteiger partial charge in [0.05, 0.1) is 12.6 Å². The number of methoxy groups -OCH3 is 1. The van der Waals surface area contributed by atoms with Crippen molar-refractivity contribution >= 4 is 0 Å². The van der Waals surface area contributed by atoms with Crippen LogP contribution in [0.5, 0.6) is 5.75 Å². The zero-order valence-electron chi connectivity index (χ0n) is 11.6. The normalized spacial score (nSPS) is 16.3. The topological polar surface area (TPSA) is 44.5 Å². The molecule has 0 radical (unpaired) electrons. The van der Waals surface area contributed by atoms with Gasteiger partial charge in [-0.25, -0.2) is 0 Å². The molecule has 3 rings (SSSR count). The number of ether oxygens (including phenoxy) is 2. The van der Waals surface area contributed by atoms with Gasteiger partial charge in [-0.15, -0.1) is 0 Å². The Kier molecular flexibility index (Phi) is 3.72. The molecule has 0 spiro atoms. The van der Waals surface area contributed by atoms with Crippen LogP contribution >= 0.6 is 0 Å². The Morgan fingerprint density at radius 3 is 2.65 bits per heavy atom. The molecule has 0 bridgehead atoms. The van der Waals surface area contributed by atoms with Gasteiger partial charge in [-0.1, -0.05) is 42.5 Å². The molecule has 20 heavy (non-hydrogen) atoms. The lowest BCUT2D eigenvalue weighted by Gasteiger charge is -2.23. The minimum atomic E-state index is -0.187. The van der Waals surface area contributed by atoms with Gasteiger partial charge in [0.1, 0.15) is 11.9 Å². The summed E-state index contributed by atoms with van der Waals surface area (Å²) in [6.45, 7) is 0.764. The average molecular weight is 269 g/mol. The number of nitrogens with two attached hydrogens (primary N) is 1. The quantitative estimate of drug-likeness (QED) is 0.928. The summed E-state index contributed by atoms with van der Waals surface area (Å²) in [7, 11) is 1.70. The molecule has 2 N–H and O–H groups in total. The van der Waals surface area contributed by atoms with Gasteiger partial charge in [-0.05, 0) is 22.8 Å². The molecule has 0 aromatic heterocycles. The highest BCUT2D eigenvalue weighted by molar-refractivity contribution is 5.41. The fraction of sp³-hybridized carbons (Fsp3) is 0.294. The fourth-order valence-electron chi connectivity index (χ4n) is 2.72. The lowest BCUT2D eigenvalue weighted by molar-refractivity contribution is 0.0801. The first kappa shape index (κ1) is 13.2. The maximum Gasteiger partial charge on any atom is 0.122 e. The van der Waals surface area contributed by atoms with E-state index >= 15 is 0 Å². The number of hydrogen-bond acceptors (Lipinski definition) is 3. The van der Waals surface area contributed by atoms with Gasteiger partial charge < -0.3 is 15.2 Å². The van der Waals surface area contributed by atoms with Crippen LogP contribution in [0.3, 0.4) is 0 Å². The van der Waals surface area contributed by atoms with E-state index in [1.54, 1.807) is 7.11 Å². The van der Waals surface area contributed by atoms with E-state index < -0.39 is 0 Å². The summed E-state index contributed by atoms with van der Waals surface area (Å²) in [4.78, 5) is 0. The van der Waals surface area contributed by atoms with E-state index in [-0.39, 0.29) is 12.1 Å². The lowest BCUT2D eigenvalue weighted by atomic mass is 9.95. The third-order valence-corrected chi connectivity index (χ3v) is 3.81. The largest absolute Gasteiger partial charge is 0.493 e. The fourth-order valence-corrected chi connectivity index (χ4v) is 2.72. The molecule has 2 aromatic carbocycles. The molecule has 0 amide bonds. The summed E-state index contributed by atoms with van der Waals surface area (Å²) < 4.78 is 11.1. The third kappa shape index (κ3) is 2.42. The summed E-state index contributed by atoms with van der Waals surface area (Å²) in [6, 6.07) is 16.1. The van der Waals surface area contributed by atoms with Crippen molar-refractivity contribution in [1.82, 2.24) is 0 Å². The van der Waals surface area contributed by atoms with E-state index in [0.29, 0.717) is 0 Å². The second-order valence-corrected chi connectivity index (χ2v) is 5.06. The molecule has 104 valence electrons. The van der Waals surface area contributed by atoms with E-state index in [2.05, 4.69) is 6.07 Å². The van der Waals surface area contributed by atoms with Crippen molar-refractivity contribution in [3.63, 3.8) is 0 Å². The molecule has 2 unspecified atom stereocenters. The molecule has 0 saturated heterocycles. The molecule has 1 aliphatic rings. The van der Waals surface area contributed by atoms with E-state index in [1.165, 1.54) is 5.56 Å². The minimum absolute atomic E-state index is 0.142. The Hall–Kier alpha value is -1.84. The number of rotatable bonds is 4. The standard InChI is InChI=1S/C17H19NO2/c1-19-17(12-5-3-2-4-6-12)16(18)14-7-8-15-13(11-14)9-10-20-15/h2-8,11,16-17H,9-10,18H2,1H3. The highest BCUT2D eigenvalue weighted by Crippen LogP contribution is 2.33. The van der Waals surface area contributed by atoms with Crippen LogP contribution in [0, 0.1) is 0 Å². The monoisotopic (exact) mass is 269 g/mol. The van der Waals surface area contributed by atoms with Gasteiger partial charge in [-0.3, -0.25) is 0 Å². The second kappa shape index (κ2) is 5.65. The molecule has 2 atom stereocenters. The maximum atomic E-state index is 6.41. The first-order valence-corrected chi connectivity index (χ1v) is 6.88. The van der Waals surface area contributed by atoms with Crippen LogP contribution in [0.4, 0.5) is 0 Å². The van der Waals surface area contributed by atoms with E-state index in [1.807, 2.05) is 42.5 Å². The van der Waals surface area contributed by atoms with Crippen LogP contribution in [-0.2, 0) is 11.2 Å². The van der Waals surface area contributed by atoms with Crippen molar-refractivity contribution in [2.75, 3.05) is 13.7 Å². The molecule has 3 nitrogen and oxygen atoms in total. The van der Waals surface area contributed by atoms with Crippen molar-refractivity contribution in [1.29, 1.82) is 0 Å². The summed E-state index contributed by atoms with van der Waals surface area (Å²) in [5.74, 6) is 0.981. The van der Waals surface area contributed by atoms with Gasteiger partial charge in [0.25, 0.3) is 0 Å². The Labute approximate surface area is 119 Å². The molecule has 1 aliphatic heterocycles. The third-order valence-electron chi connectivity index (χ3n) is 3.81. The van der Waals surface area contributed by atoms with Gasteiger partial charge in [0, 0.05) is 13.5 Å². The average Bonchev–Trinajstić information content (AvgIpc) is 2.96. The predicted octanol–water partition coefficient (Wildman–Crippen LogP) is 3.01. The summed E-state index contributed by atoms with van der Waals surface area (Å²) in [5, 5.41) is 0.